The number of hydrogen-bond acceptors (Lipinski definition) is 7. The van der Waals surface area contributed by atoms with E-state index in [-0.39, 0.29) is 39.1 Å². The van der Waals surface area contributed by atoms with Crippen molar-refractivity contribution in [2.45, 2.75) is 6.92 Å². The number of carbonyl (C=O) groups is 3. The van der Waals surface area contributed by atoms with Crippen molar-refractivity contribution in [1.82, 2.24) is 5.43 Å². The van der Waals surface area contributed by atoms with E-state index in [1.807, 2.05) is 0 Å². The summed E-state index contributed by atoms with van der Waals surface area (Å²) in [5.74, 6) is -1.70. The van der Waals surface area contributed by atoms with E-state index < -0.39 is 16.8 Å². The molecule has 178 valence electrons. The van der Waals surface area contributed by atoms with E-state index in [1.54, 1.807) is 12.1 Å². The molecule has 0 aromatic heterocycles. The van der Waals surface area contributed by atoms with E-state index in [4.69, 9.17) is 27.9 Å². The number of carbonyl (C=O) groups excluding carboxylic acids is 3. The van der Waals surface area contributed by atoms with Gasteiger partial charge in [-0.25, -0.2) is 10.2 Å². The second-order valence-electron chi connectivity index (χ2n) is 6.95. The van der Waals surface area contributed by atoms with Gasteiger partial charge in [-0.05, 0) is 48.5 Å². The van der Waals surface area contributed by atoms with Crippen LogP contribution in [0.4, 0.5) is 11.4 Å². The molecule has 0 heterocycles. The van der Waals surface area contributed by atoms with Gasteiger partial charge in [-0.3, -0.25) is 19.7 Å². The highest BCUT2D eigenvalue weighted by Crippen LogP contribution is 2.26. The van der Waals surface area contributed by atoms with Crippen LogP contribution in [0, 0.1) is 10.1 Å². The smallest absolute Gasteiger partial charge is 0.345 e. The third-order valence-corrected chi connectivity index (χ3v) is 4.94. The molecule has 0 spiro atoms. The number of hydrazone groups is 1. The zero-order valence-electron chi connectivity index (χ0n) is 18.0. The van der Waals surface area contributed by atoms with E-state index in [0.29, 0.717) is 10.7 Å². The number of ether oxygens (including phenoxy) is 1. The lowest BCUT2D eigenvalue weighted by Gasteiger charge is -2.09. The largest absolute Gasteiger partial charge is 0.422 e. The van der Waals surface area contributed by atoms with Gasteiger partial charge in [0.1, 0.15) is 5.75 Å². The SMILES string of the molecule is CC(=O)Nc1ccc(C(=O)N/N=C/c2cc([N+](=O)[O-])ccc2OC(=O)c2ccc(Cl)cc2Cl)cc1. The van der Waals surface area contributed by atoms with Crippen LogP contribution >= 0.6 is 23.2 Å². The fraction of sp³-hybridized carbons (Fsp3) is 0.0435. The summed E-state index contributed by atoms with van der Waals surface area (Å²) in [4.78, 5) is 46.5. The van der Waals surface area contributed by atoms with Gasteiger partial charge < -0.3 is 10.1 Å². The number of benzene rings is 3. The standard InChI is InChI=1S/C23H16Cl2N4O6/c1-13(30)27-17-5-2-14(3-6-17)22(31)28-26-12-15-10-18(29(33)34)7-9-21(15)35-23(32)19-8-4-16(24)11-20(19)25/h2-12H,1H3,(H,27,30)(H,28,31)/b26-12+. The Bertz CT molecular complexity index is 1340. The van der Waals surface area contributed by atoms with Crippen LogP contribution in [0.15, 0.2) is 65.8 Å². The molecule has 0 aliphatic heterocycles. The molecule has 3 aromatic rings. The predicted octanol–water partition coefficient (Wildman–Crippen LogP) is 4.84. The average molecular weight is 515 g/mol. The summed E-state index contributed by atoms with van der Waals surface area (Å²) in [6, 6.07) is 13.8. The van der Waals surface area contributed by atoms with Crippen molar-refractivity contribution in [3.63, 3.8) is 0 Å². The molecule has 0 bridgehead atoms. The molecule has 0 unspecified atom stereocenters. The molecule has 0 aliphatic carbocycles. The highest BCUT2D eigenvalue weighted by atomic mass is 35.5. The number of nitrogens with one attached hydrogen (secondary N) is 2. The van der Waals surface area contributed by atoms with Crippen LogP contribution < -0.4 is 15.5 Å². The number of halogens is 2. The molecule has 12 heteroatoms. The number of anilines is 1. The highest BCUT2D eigenvalue weighted by molar-refractivity contribution is 6.36. The Morgan fingerprint density at radius 3 is 2.37 bits per heavy atom. The Hall–Kier alpha value is -4.28. The lowest BCUT2D eigenvalue weighted by molar-refractivity contribution is -0.384. The molecule has 2 N–H and O–H groups in total. The number of amides is 2. The normalized spacial score (nSPS) is 10.6. The van der Waals surface area contributed by atoms with Crippen molar-refractivity contribution in [1.29, 1.82) is 0 Å². The van der Waals surface area contributed by atoms with Gasteiger partial charge in [0.15, 0.2) is 0 Å². The second-order valence-corrected chi connectivity index (χ2v) is 7.79. The number of non-ortho nitro benzene ring substituents is 1. The van der Waals surface area contributed by atoms with Crippen molar-refractivity contribution < 1.29 is 24.0 Å². The molecule has 10 nitrogen and oxygen atoms in total. The summed E-state index contributed by atoms with van der Waals surface area (Å²) in [6.45, 7) is 1.36. The molecule has 0 fully saturated rings. The van der Waals surface area contributed by atoms with Crippen LogP contribution in [-0.2, 0) is 4.79 Å². The maximum Gasteiger partial charge on any atom is 0.345 e. The van der Waals surface area contributed by atoms with Crippen molar-refractivity contribution in [3.8, 4) is 5.75 Å². The van der Waals surface area contributed by atoms with Gasteiger partial charge in [-0.2, -0.15) is 5.10 Å². The van der Waals surface area contributed by atoms with E-state index in [0.717, 1.165) is 18.3 Å². The molecule has 0 saturated carbocycles. The van der Waals surface area contributed by atoms with Crippen LogP contribution in [0.1, 0.15) is 33.2 Å². The van der Waals surface area contributed by atoms with Gasteiger partial charge in [-0.15, -0.1) is 0 Å². The fourth-order valence-electron chi connectivity index (χ4n) is 2.79. The van der Waals surface area contributed by atoms with Crippen molar-refractivity contribution in [2.75, 3.05) is 5.32 Å². The van der Waals surface area contributed by atoms with Gasteiger partial charge >= 0.3 is 5.97 Å². The summed E-state index contributed by atoms with van der Waals surface area (Å²) < 4.78 is 5.35. The quantitative estimate of drug-likeness (QED) is 0.152. The molecule has 0 radical (unpaired) electrons. The molecule has 0 saturated heterocycles. The Kier molecular flexibility index (Phi) is 8.13. The minimum absolute atomic E-state index is 0.0355. The minimum atomic E-state index is -0.821. The van der Waals surface area contributed by atoms with Crippen LogP contribution in [0.3, 0.4) is 0 Å². The van der Waals surface area contributed by atoms with E-state index in [2.05, 4.69) is 15.8 Å². The number of hydrogen-bond donors (Lipinski definition) is 2. The number of nitro groups is 1. The monoisotopic (exact) mass is 514 g/mol. The third kappa shape index (κ3) is 6.85. The lowest BCUT2D eigenvalue weighted by Crippen LogP contribution is -2.18. The maximum atomic E-state index is 12.6. The van der Waals surface area contributed by atoms with E-state index >= 15 is 0 Å². The molecule has 2 amide bonds. The minimum Gasteiger partial charge on any atom is -0.422 e. The molecule has 35 heavy (non-hydrogen) atoms. The number of esters is 1. The van der Waals surface area contributed by atoms with Gasteiger partial charge in [0.2, 0.25) is 5.91 Å². The fourth-order valence-corrected chi connectivity index (χ4v) is 3.27. The van der Waals surface area contributed by atoms with E-state index in [1.165, 1.54) is 43.3 Å². The van der Waals surface area contributed by atoms with Crippen LogP contribution in [0.5, 0.6) is 5.75 Å². The first-order valence-electron chi connectivity index (χ1n) is 9.81. The Morgan fingerprint density at radius 2 is 1.74 bits per heavy atom. The number of nitrogens with zero attached hydrogens (tertiary/aromatic N) is 2. The van der Waals surface area contributed by atoms with Crippen LogP contribution in [0.2, 0.25) is 10.0 Å². The maximum absolute atomic E-state index is 12.6. The van der Waals surface area contributed by atoms with Crippen molar-refractivity contribution in [2.24, 2.45) is 5.10 Å². The number of rotatable bonds is 7. The molecule has 3 rings (SSSR count). The molecule has 0 aliphatic rings. The van der Waals surface area contributed by atoms with Crippen molar-refractivity contribution in [3.05, 3.63) is 97.5 Å². The third-order valence-electron chi connectivity index (χ3n) is 4.40. The van der Waals surface area contributed by atoms with Gasteiger partial charge in [0.25, 0.3) is 11.6 Å². The second kappa shape index (κ2) is 11.2. The Balaban J connectivity index is 1.78. The zero-order chi connectivity index (χ0) is 25.5. The van der Waals surface area contributed by atoms with Crippen LogP contribution in [0.25, 0.3) is 0 Å². The average Bonchev–Trinajstić information content (AvgIpc) is 2.79. The molecule has 0 atom stereocenters. The molecular weight excluding hydrogens is 499 g/mol. The summed E-state index contributed by atoms with van der Waals surface area (Å²) in [5.41, 5.74) is 2.85. The molecular formula is C23H16Cl2N4O6. The van der Waals surface area contributed by atoms with Gasteiger partial charge in [-0.1, -0.05) is 23.2 Å². The predicted molar refractivity (Wildman–Crippen MR) is 130 cm³/mol. The zero-order valence-corrected chi connectivity index (χ0v) is 19.5. The number of nitro benzene ring substituents is 1. The summed E-state index contributed by atoms with van der Waals surface area (Å²) in [5, 5.41) is 18.0. The van der Waals surface area contributed by atoms with Crippen molar-refractivity contribution >= 4 is 58.6 Å². The first-order valence-corrected chi connectivity index (χ1v) is 10.6. The summed E-state index contributed by atoms with van der Waals surface area (Å²) in [7, 11) is 0. The van der Waals surface area contributed by atoms with Crippen LogP contribution in [-0.4, -0.2) is 28.9 Å². The Morgan fingerprint density at radius 1 is 1.03 bits per heavy atom. The van der Waals surface area contributed by atoms with Gasteiger partial charge in [0, 0.05) is 40.9 Å². The molecule has 3 aromatic carbocycles. The Labute approximate surface area is 208 Å². The highest BCUT2D eigenvalue weighted by Gasteiger charge is 2.17. The topological polar surface area (TPSA) is 140 Å². The lowest BCUT2D eigenvalue weighted by atomic mass is 10.2. The summed E-state index contributed by atoms with van der Waals surface area (Å²) >= 11 is 11.9. The first-order chi connectivity index (χ1) is 16.6. The van der Waals surface area contributed by atoms with Gasteiger partial charge in [0.05, 0.1) is 21.7 Å². The van der Waals surface area contributed by atoms with E-state index in [9.17, 15) is 24.5 Å². The first kappa shape index (κ1) is 25.3. The summed E-state index contributed by atoms with van der Waals surface area (Å²) in [6.07, 6.45) is 1.10.